The van der Waals surface area contributed by atoms with Crippen LogP contribution in [-0.4, -0.2) is 47.4 Å². The van der Waals surface area contributed by atoms with E-state index in [1.54, 1.807) is 12.7 Å². The maximum atomic E-state index is 10.9. The lowest BCUT2D eigenvalue weighted by atomic mass is 9.85. The Hall–Kier alpha value is -0.926. The third-order valence-corrected chi connectivity index (χ3v) is 14.4. The molecule has 0 aromatic heterocycles. The van der Waals surface area contributed by atoms with Crippen molar-refractivity contribution in [3.05, 3.63) is 41.1 Å². The third-order valence-electron chi connectivity index (χ3n) is 8.60. The van der Waals surface area contributed by atoms with Gasteiger partial charge in [0.1, 0.15) is 5.75 Å². The van der Waals surface area contributed by atoms with E-state index < -0.39 is 16.4 Å². The van der Waals surface area contributed by atoms with Crippen LogP contribution in [0.5, 0.6) is 5.75 Å². The highest BCUT2D eigenvalue weighted by atomic mass is 28.4. The molecule has 0 heterocycles. The number of aliphatic hydroxyl groups excluding tert-OH is 1. The third kappa shape index (κ3) is 13.5. The Kier molecular flexibility index (Phi) is 14.7. The maximum absolute atomic E-state index is 10.9. The summed E-state index contributed by atoms with van der Waals surface area (Å²) in [5.74, 6) is 2.06. The molecule has 4 nitrogen and oxygen atoms in total. The van der Waals surface area contributed by atoms with Gasteiger partial charge in [-0.3, -0.25) is 0 Å². The van der Waals surface area contributed by atoms with Gasteiger partial charge in [0.15, 0.2) is 8.32 Å². The zero-order valence-corrected chi connectivity index (χ0v) is 29.7. The lowest BCUT2D eigenvalue weighted by Gasteiger charge is -2.40. The summed E-state index contributed by atoms with van der Waals surface area (Å²) in [5.41, 5.74) is 5.31. The van der Waals surface area contributed by atoms with Crippen molar-refractivity contribution in [3.8, 4) is 5.75 Å². The van der Waals surface area contributed by atoms with Gasteiger partial charge in [0, 0.05) is 12.7 Å². The number of aliphatic hydroxyl groups is 1. The van der Waals surface area contributed by atoms with Crippen molar-refractivity contribution in [2.24, 2.45) is 17.8 Å². The zero-order valence-electron chi connectivity index (χ0n) is 27.7. The Bertz CT molecular complexity index is 852. The molecule has 226 valence electrons. The minimum absolute atomic E-state index is 0.230. The van der Waals surface area contributed by atoms with Crippen molar-refractivity contribution in [1.82, 2.24) is 0 Å². The van der Waals surface area contributed by atoms with Gasteiger partial charge in [0.05, 0.1) is 27.9 Å². The van der Waals surface area contributed by atoms with Gasteiger partial charge in [-0.05, 0) is 86.2 Å². The zero-order chi connectivity index (χ0) is 30.0. The predicted molar refractivity (Wildman–Crippen MR) is 174 cm³/mol. The summed E-state index contributed by atoms with van der Waals surface area (Å²) in [4.78, 5) is 0. The van der Waals surface area contributed by atoms with Crippen LogP contribution in [0.2, 0.25) is 37.8 Å². The number of benzene rings is 1. The molecule has 1 N–H and O–H groups in total. The van der Waals surface area contributed by atoms with E-state index in [2.05, 4.69) is 86.9 Å². The molecule has 0 saturated heterocycles. The van der Waals surface area contributed by atoms with Crippen LogP contribution in [0.3, 0.4) is 0 Å². The molecule has 0 saturated carbocycles. The van der Waals surface area contributed by atoms with Gasteiger partial charge in [-0.25, -0.2) is 0 Å². The first-order valence-electron chi connectivity index (χ1n) is 15.1. The highest BCUT2D eigenvalue weighted by Gasteiger charge is 2.39. The van der Waals surface area contributed by atoms with Gasteiger partial charge in [0.2, 0.25) is 0 Å². The van der Waals surface area contributed by atoms with Crippen LogP contribution in [0.1, 0.15) is 79.7 Å². The van der Waals surface area contributed by atoms with Crippen LogP contribution in [0, 0.1) is 17.8 Å². The van der Waals surface area contributed by atoms with Crippen LogP contribution >= 0.6 is 0 Å². The smallest absolute Gasteiger partial charge is 0.192 e. The Balaban J connectivity index is 2.64. The average Bonchev–Trinajstić information content (AvgIpc) is 2.82. The number of hydrogen-bond acceptors (Lipinski definition) is 4. The van der Waals surface area contributed by atoms with Crippen molar-refractivity contribution < 1.29 is 19.0 Å². The normalized spacial score (nSPS) is 17.4. The Morgan fingerprint density at radius 2 is 1.51 bits per heavy atom. The van der Waals surface area contributed by atoms with Crippen molar-refractivity contribution in [1.29, 1.82) is 0 Å². The van der Waals surface area contributed by atoms with Gasteiger partial charge in [-0.1, -0.05) is 84.6 Å². The second-order valence-corrected chi connectivity index (χ2v) is 24.3. The first kappa shape index (κ1) is 36.1. The van der Waals surface area contributed by atoms with E-state index in [0.717, 1.165) is 30.6 Å². The fraction of sp³-hybridized carbons (Fsp3) is 0.758. The first-order chi connectivity index (χ1) is 17.9. The molecular formula is C33H62O4Si2. The summed E-state index contributed by atoms with van der Waals surface area (Å²) in [7, 11) is -1.46. The van der Waals surface area contributed by atoms with E-state index in [1.807, 2.05) is 24.3 Å². The van der Waals surface area contributed by atoms with E-state index in [9.17, 15) is 5.11 Å². The Morgan fingerprint density at radius 3 is 2.03 bits per heavy atom. The average molecular weight is 579 g/mol. The van der Waals surface area contributed by atoms with Crippen molar-refractivity contribution in [3.63, 3.8) is 0 Å². The SMILES string of the molecule is COc1ccc(COCC[C@@H](O)[C@@H](C)C[C@H](C)/C(=C\[Si](C)(C)C)CC[C@H](C)[C@@H](C)O[Si](C)(C)C(C)(C)C)cc1. The van der Waals surface area contributed by atoms with E-state index in [4.69, 9.17) is 13.9 Å². The predicted octanol–water partition coefficient (Wildman–Crippen LogP) is 9.26. The molecule has 0 fully saturated rings. The van der Waals surface area contributed by atoms with Crippen LogP contribution in [-0.2, 0) is 15.8 Å². The summed E-state index contributed by atoms with van der Waals surface area (Å²) >= 11 is 0. The molecule has 1 aromatic rings. The molecule has 0 amide bonds. The summed E-state index contributed by atoms with van der Waals surface area (Å²) in [6.07, 6.45) is 3.84. The number of ether oxygens (including phenoxy) is 2. The summed E-state index contributed by atoms with van der Waals surface area (Å²) < 4.78 is 17.8. The second kappa shape index (κ2) is 15.9. The molecule has 0 radical (unpaired) electrons. The number of allylic oxidation sites excluding steroid dienone is 1. The van der Waals surface area contributed by atoms with Gasteiger partial charge >= 0.3 is 0 Å². The van der Waals surface area contributed by atoms with E-state index in [0.29, 0.717) is 31.5 Å². The first-order valence-corrected chi connectivity index (χ1v) is 21.6. The molecule has 0 bridgehead atoms. The van der Waals surface area contributed by atoms with Crippen LogP contribution < -0.4 is 4.74 Å². The molecule has 0 spiro atoms. The van der Waals surface area contributed by atoms with Crippen LogP contribution in [0.25, 0.3) is 0 Å². The van der Waals surface area contributed by atoms with Gasteiger partial charge < -0.3 is 19.0 Å². The summed E-state index contributed by atoms with van der Waals surface area (Å²) in [5, 5.41) is 11.1. The summed E-state index contributed by atoms with van der Waals surface area (Å²) in [6.45, 7) is 29.2. The molecule has 6 heteroatoms. The van der Waals surface area contributed by atoms with Crippen molar-refractivity contribution >= 4 is 16.4 Å². The molecule has 1 rings (SSSR count). The Morgan fingerprint density at radius 1 is 0.923 bits per heavy atom. The van der Waals surface area contributed by atoms with Crippen molar-refractivity contribution in [2.75, 3.05) is 13.7 Å². The highest BCUT2D eigenvalue weighted by molar-refractivity contribution is 6.81. The molecule has 0 aliphatic carbocycles. The van der Waals surface area contributed by atoms with E-state index in [1.165, 1.54) is 0 Å². The fourth-order valence-corrected chi connectivity index (χ4v) is 7.73. The largest absolute Gasteiger partial charge is 0.497 e. The Labute approximate surface area is 244 Å². The molecular weight excluding hydrogens is 517 g/mol. The quantitative estimate of drug-likeness (QED) is 0.148. The fourth-order valence-electron chi connectivity index (χ4n) is 4.67. The monoisotopic (exact) mass is 578 g/mol. The highest BCUT2D eigenvalue weighted by Crippen LogP contribution is 2.38. The lowest BCUT2D eigenvalue weighted by molar-refractivity contribution is 0.0446. The summed E-state index contributed by atoms with van der Waals surface area (Å²) in [6, 6.07) is 7.94. The minimum atomic E-state index is -1.77. The van der Waals surface area contributed by atoms with Gasteiger partial charge in [-0.15, -0.1) is 0 Å². The lowest BCUT2D eigenvalue weighted by Crippen LogP contribution is -2.44. The van der Waals surface area contributed by atoms with Crippen molar-refractivity contribution in [2.45, 2.75) is 131 Å². The van der Waals surface area contributed by atoms with Gasteiger partial charge in [0.25, 0.3) is 0 Å². The number of methoxy groups -OCH3 is 1. The molecule has 0 aliphatic heterocycles. The second-order valence-electron chi connectivity index (χ2n) is 14.6. The van der Waals surface area contributed by atoms with Crippen LogP contribution in [0.15, 0.2) is 35.5 Å². The molecule has 39 heavy (non-hydrogen) atoms. The van der Waals surface area contributed by atoms with Crippen LogP contribution in [0.4, 0.5) is 0 Å². The topological polar surface area (TPSA) is 47.9 Å². The van der Waals surface area contributed by atoms with E-state index in [-0.39, 0.29) is 23.2 Å². The molecule has 0 aliphatic rings. The van der Waals surface area contributed by atoms with Gasteiger partial charge in [-0.2, -0.15) is 0 Å². The maximum Gasteiger partial charge on any atom is 0.192 e. The molecule has 5 atom stereocenters. The van der Waals surface area contributed by atoms with E-state index >= 15 is 0 Å². The number of hydrogen-bond donors (Lipinski definition) is 1. The molecule has 0 unspecified atom stereocenters. The standard InChI is InChI=1S/C33H62O4Si2/c1-25(28(4)37-39(12,13)33(5,6)7)14-17-30(24-38(9,10)11)26(2)22-27(3)32(34)20-21-36-23-29-15-18-31(35-8)19-16-29/h15-16,18-19,24-28,32,34H,14,17,20-23H2,1-13H3/b30-24-/t25-,26-,27-,28+,32+/m0/s1. The molecule has 1 aromatic carbocycles. The minimum Gasteiger partial charge on any atom is -0.497 e. The number of rotatable bonds is 17.